The highest BCUT2D eigenvalue weighted by Gasteiger charge is 2.38. The number of para-hydroxylation sites is 1. The van der Waals surface area contributed by atoms with Gasteiger partial charge in [0.05, 0.1) is 12.2 Å². The fourth-order valence-corrected chi connectivity index (χ4v) is 7.86. The van der Waals surface area contributed by atoms with Gasteiger partial charge in [0.15, 0.2) is 17.6 Å². The molecular formula is C38H53N5O8. The smallest absolute Gasteiger partial charge is 0.410 e. The van der Waals surface area contributed by atoms with Crippen molar-refractivity contribution in [3.63, 3.8) is 0 Å². The number of carbonyl (C=O) groups is 3. The molecule has 4 aliphatic heterocycles. The van der Waals surface area contributed by atoms with Crippen LogP contribution < -0.4 is 14.8 Å². The number of fused-ring (bicyclic) bond motifs is 1. The summed E-state index contributed by atoms with van der Waals surface area (Å²) < 4.78 is 17.5. The van der Waals surface area contributed by atoms with Crippen LogP contribution in [0.15, 0.2) is 42.5 Å². The van der Waals surface area contributed by atoms with Crippen LogP contribution in [0.3, 0.4) is 0 Å². The molecule has 2 aromatic rings. The first kappa shape index (κ1) is 36.7. The molecule has 1 atom stereocenters. The maximum atomic E-state index is 14.1. The summed E-state index contributed by atoms with van der Waals surface area (Å²) in [6.07, 6.45) is 4.20. The van der Waals surface area contributed by atoms with E-state index >= 15 is 0 Å². The Bertz CT molecular complexity index is 1480. The van der Waals surface area contributed by atoms with E-state index in [0.29, 0.717) is 102 Å². The zero-order valence-electron chi connectivity index (χ0n) is 29.7. The van der Waals surface area contributed by atoms with E-state index in [1.807, 2.05) is 48.3 Å². The summed E-state index contributed by atoms with van der Waals surface area (Å²) in [5.41, 5.74) is 2.00. The van der Waals surface area contributed by atoms with Gasteiger partial charge in [-0.2, -0.15) is 0 Å². The number of aliphatic hydroxyl groups excluding tert-OH is 1. The van der Waals surface area contributed by atoms with Crippen molar-refractivity contribution in [2.24, 2.45) is 0 Å². The number of benzene rings is 2. The van der Waals surface area contributed by atoms with Crippen LogP contribution in [0.5, 0.6) is 11.5 Å². The van der Waals surface area contributed by atoms with Gasteiger partial charge in [0.1, 0.15) is 13.2 Å². The van der Waals surface area contributed by atoms with E-state index in [9.17, 15) is 24.6 Å². The fraction of sp³-hybridized carbons (Fsp3) is 0.605. The highest BCUT2D eigenvalue weighted by atomic mass is 16.6. The SMILES string of the molecule is CNc1ccccc1CCN(C=O)C1CCN(C(=O)O[C@H](Cc2ccc3c(c2)OCCO3)C(=O)N2CCC(N3CCC(O)(CO)CC3)CC2)CC1. The zero-order valence-corrected chi connectivity index (χ0v) is 29.7. The Morgan fingerprint density at radius 1 is 0.980 bits per heavy atom. The van der Waals surface area contributed by atoms with Crippen molar-refractivity contribution in [1.82, 2.24) is 19.6 Å². The molecule has 0 saturated carbocycles. The van der Waals surface area contributed by atoms with E-state index in [-0.39, 0.29) is 25.0 Å². The normalized spacial score (nSPS) is 20.4. The highest BCUT2D eigenvalue weighted by Crippen LogP contribution is 2.32. The highest BCUT2D eigenvalue weighted by molar-refractivity contribution is 5.84. The summed E-state index contributed by atoms with van der Waals surface area (Å²) in [4.78, 5) is 47.5. The van der Waals surface area contributed by atoms with Gasteiger partial charge in [-0.15, -0.1) is 0 Å². The van der Waals surface area contributed by atoms with Crippen molar-refractivity contribution >= 4 is 24.1 Å². The van der Waals surface area contributed by atoms with Gasteiger partial charge < -0.3 is 49.3 Å². The first-order valence-corrected chi connectivity index (χ1v) is 18.5. The van der Waals surface area contributed by atoms with Crippen LogP contribution in [0.4, 0.5) is 10.5 Å². The molecule has 51 heavy (non-hydrogen) atoms. The number of nitrogens with one attached hydrogen (secondary N) is 1. The predicted molar refractivity (Wildman–Crippen MR) is 191 cm³/mol. The largest absolute Gasteiger partial charge is 0.486 e. The number of anilines is 1. The number of amides is 3. The molecule has 278 valence electrons. The van der Waals surface area contributed by atoms with E-state index < -0.39 is 17.8 Å². The molecule has 13 nitrogen and oxygen atoms in total. The maximum Gasteiger partial charge on any atom is 0.410 e. The molecule has 3 fully saturated rings. The van der Waals surface area contributed by atoms with Gasteiger partial charge in [0.2, 0.25) is 6.41 Å². The van der Waals surface area contributed by atoms with Crippen LogP contribution in [-0.4, -0.2) is 145 Å². The first-order valence-electron chi connectivity index (χ1n) is 18.5. The summed E-state index contributed by atoms with van der Waals surface area (Å²) in [6, 6.07) is 13.9. The second-order valence-corrected chi connectivity index (χ2v) is 14.2. The summed E-state index contributed by atoms with van der Waals surface area (Å²) >= 11 is 0. The van der Waals surface area contributed by atoms with E-state index in [0.717, 1.165) is 42.5 Å². The number of rotatable bonds is 12. The van der Waals surface area contributed by atoms with Crippen LogP contribution >= 0.6 is 0 Å². The number of carbonyl (C=O) groups excluding carboxylic acids is 3. The van der Waals surface area contributed by atoms with Gasteiger partial charge in [-0.25, -0.2) is 4.79 Å². The molecule has 0 aliphatic carbocycles. The average Bonchev–Trinajstić information content (AvgIpc) is 3.18. The molecule has 4 heterocycles. The van der Waals surface area contributed by atoms with Gasteiger partial charge in [-0.1, -0.05) is 24.3 Å². The van der Waals surface area contributed by atoms with Crippen molar-refractivity contribution < 1.29 is 38.8 Å². The molecule has 0 bridgehead atoms. The summed E-state index contributed by atoms with van der Waals surface area (Å²) in [5, 5.41) is 23.2. The lowest BCUT2D eigenvalue weighted by molar-refractivity contribution is -0.143. The van der Waals surface area contributed by atoms with Crippen LogP contribution in [0.1, 0.15) is 49.7 Å². The molecule has 2 aromatic carbocycles. The molecule has 0 aromatic heterocycles. The molecule has 0 radical (unpaired) electrons. The van der Waals surface area contributed by atoms with Crippen molar-refractivity contribution in [3.05, 3.63) is 53.6 Å². The Hall–Kier alpha value is -4.07. The summed E-state index contributed by atoms with van der Waals surface area (Å²) in [5.74, 6) is 1.05. The number of hydrogen-bond donors (Lipinski definition) is 3. The molecule has 4 aliphatic rings. The van der Waals surface area contributed by atoms with Crippen LogP contribution in [0.2, 0.25) is 0 Å². The molecule has 0 spiro atoms. The quantitative estimate of drug-likeness (QED) is 0.282. The van der Waals surface area contributed by atoms with Crippen molar-refractivity contribution in [2.75, 3.05) is 78.0 Å². The van der Waals surface area contributed by atoms with E-state index in [1.165, 1.54) is 0 Å². The number of nitrogens with zero attached hydrogens (tertiary/aromatic N) is 4. The topological polar surface area (TPSA) is 144 Å². The van der Waals surface area contributed by atoms with E-state index in [2.05, 4.69) is 16.3 Å². The standard InChI is InChI=1S/C38H53N5O8/c1-39-32-5-3-2-4-29(32)8-15-43(27-45)31-11-18-42(19-12-31)37(47)51-35(25-28-6-7-33-34(24-28)50-23-22-49-33)36(46)41-16-9-30(10-17-41)40-20-13-38(48,26-44)14-21-40/h2-7,24,27,30-31,35,39,44,48H,8-23,25-26H2,1H3/t35-/m1/s1. The third-order valence-electron chi connectivity index (χ3n) is 11.1. The van der Waals surface area contributed by atoms with Crippen LogP contribution in [-0.2, 0) is 27.2 Å². The molecule has 3 N–H and O–H groups in total. The van der Waals surface area contributed by atoms with E-state index in [1.54, 1.807) is 9.80 Å². The molecule has 0 unspecified atom stereocenters. The second-order valence-electron chi connectivity index (χ2n) is 14.2. The van der Waals surface area contributed by atoms with Gasteiger partial charge in [-0.05, 0) is 74.3 Å². The van der Waals surface area contributed by atoms with Crippen molar-refractivity contribution in [1.29, 1.82) is 0 Å². The lowest BCUT2D eigenvalue weighted by Gasteiger charge is -2.44. The van der Waals surface area contributed by atoms with Crippen molar-refractivity contribution in [3.8, 4) is 11.5 Å². The molecule has 6 rings (SSSR count). The minimum Gasteiger partial charge on any atom is -0.486 e. The van der Waals surface area contributed by atoms with Gasteiger partial charge in [-0.3, -0.25) is 9.59 Å². The third-order valence-corrected chi connectivity index (χ3v) is 11.1. The monoisotopic (exact) mass is 707 g/mol. The Morgan fingerprint density at radius 2 is 1.67 bits per heavy atom. The predicted octanol–water partition coefficient (Wildman–Crippen LogP) is 2.52. The number of aliphatic hydroxyl groups is 2. The molecular weight excluding hydrogens is 654 g/mol. The van der Waals surface area contributed by atoms with Crippen LogP contribution in [0, 0.1) is 0 Å². The average molecular weight is 708 g/mol. The van der Waals surface area contributed by atoms with Gasteiger partial charge >= 0.3 is 6.09 Å². The molecule has 3 saturated heterocycles. The number of piperidine rings is 3. The minimum atomic E-state index is -1.01. The minimum absolute atomic E-state index is 0.0158. The summed E-state index contributed by atoms with van der Waals surface area (Å²) in [6.45, 7) is 4.67. The molecule has 3 amide bonds. The van der Waals surface area contributed by atoms with Gasteiger partial charge in [0.25, 0.3) is 5.91 Å². The van der Waals surface area contributed by atoms with Crippen molar-refractivity contribution in [2.45, 2.75) is 75.2 Å². The number of ether oxygens (including phenoxy) is 3. The van der Waals surface area contributed by atoms with E-state index in [4.69, 9.17) is 14.2 Å². The summed E-state index contributed by atoms with van der Waals surface area (Å²) in [7, 11) is 1.89. The first-order chi connectivity index (χ1) is 24.8. The lowest BCUT2D eigenvalue weighted by atomic mass is 9.90. The number of likely N-dealkylation sites (tertiary alicyclic amines) is 3. The lowest BCUT2D eigenvalue weighted by Crippen LogP contribution is -2.54. The Balaban J connectivity index is 1.06. The Labute approximate surface area is 300 Å². The Kier molecular flexibility index (Phi) is 12.2. The number of hydrogen-bond acceptors (Lipinski definition) is 10. The van der Waals surface area contributed by atoms with Gasteiger partial charge in [0, 0.05) is 77.1 Å². The Morgan fingerprint density at radius 3 is 2.35 bits per heavy atom. The fourth-order valence-electron chi connectivity index (χ4n) is 7.86. The zero-order chi connectivity index (χ0) is 35.8. The maximum absolute atomic E-state index is 14.1. The third kappa shape index (κ3) is 9.06. The van der Waals surface area contributed by atoms with Crippen LogP contribution in [0.25, 0.3) is 0 Å². The molecule has 13 heteroatoms. The second kappa shape index (κ2) is 17.0.